The zero-order chi connectivity index (χ0) is 21.5. The second-order valence-electron chi connectivity index (χ2n) is 8.65. The lowest BCUT2D eigenvalue weighted by Gasteiger charge is -2.36. The Balaban J connectivity index is 1.71. The van der Waals surface area contributed by atoms with Crippen LogP contribution in [0.4, 0.5) is 0 Å². The van der Waals surface area contributed by atoms with Crippen LogP contribution < -0.4 is 10.1 Å². The highest BCUT2D eigenvalue weighted by Crippen LogP contribution is 2.24. The summed E-state index contributed by atoms with van der Waals surface area (Å²) in [6.45, 7) is 7.44. The van der Waals surface area contributed by atoms with Crippen LogP contribution in [0.25, 0.3) is 0 Å². The van der Waals surface area contributed by atoms with E-state index in [0.29, 0.717) is 52.2 Å². The molecule has 0 saturated carbocycles. The summed E-state index contributed by atoms with van der Waals surface area (Å²) in [7, 11) is 0. The van der Waals surface area contributed by atoms with Gasteiger partial charge in [0.15, 0.2) is 0 Å². The van der Waals surface area contributed by atoms with Gasteiger partial charge in [-0.1, -0.05) is 12.1 Å². The zero-order valence-electron chi connectivity index (χ0n) is 18.2. The van der Waals surface area contributed by atoms with Crippen LogP contribution in [-0.4, -0.2) is 71.7 Å². The van der Waals surface area contributed by atoms with Gasteiger partial charge in [0.05, 0.1) is 19.3 Å². The van der Waals surface area contributed by atoms with Crippen molar-refractivity contribution in [2.45, 2.75) is 64.6 Å². The summed E-state index contributed by atoms with van der Waals surface area (Å²) in [4.78, 5) is 28.4. The smallest absolute Gasteiger partial charge is 0.234 e. The van der Waals surface area contributed by atoms with Crippen LogP contribution in [-0.2, 0) is 22.6 Å². The molecule has 30 heavy (non-hydrogen) atoms. The molecule has 1 aromatic rings. The minimum absolute atomic E-state index is 0.0592. The molecule has 1 saturated heterocycles. The molecule has 0 atom stereocenters. The average molecular weight is 418 g/mol. The summed E-state index contributed by atoms with van der Waals surface area (Å²) in [6.07, 6.45) is 3.66. The van der Waals surface area contributed by atoms with Crippen molar-refractivity contribution >= 4 is 11.8 Å². The van der Waals surface area contributed by atoms with E-state index >= 15 is 0 Å². The average Bonchev–Trinajstić information content (AvgIpc) is 2.70. The van der Waals surface area contributed by atoms with Gasteiger partial charge in [-0.3, -0.25) is 14.5 Å². The molecule has 2 amide bonds. The number of likely N-dealkylation sites (tertiary alicyclic amines) is 1. The third kappa shape index (κ3) is 6.44. The molecule has 2 aliphatic heterocycles. The van der Waals surface area contributed by atoms with Crippen molar-refractivity contribution in [1.82, 2.24) is 15.1 Å². The lowest BCUT2D eigenvalue weighted by Crippen LogP contribution is -2.53. The van der Waals surface area contributed by atoms with Crippen LogP contribution in [0.15, 0.2) is 18.2 Å². The van der Waals surface area contributed by atoms with Crippen LogP contribution in [0.1, 0.15) is 50.7 Å². The molecule has 7 heteroatoms. The number of carbonyl (C=O) groups excluding carboxylic acids is 2. The van der Waals surface area contributed by atoms with Crippen molar-refractivity contribution in [1.29, 1.82) is 0 Å². The molecule has 0 bridgehead atoms. The first-order valence-corrected chi connectivity index (χ1v) is 11.1. The Morgan fingerprint density at radius 1 is 1.23 bits per heavy atom. The van der Waals surface area contributed by atoms with Crippen molar-refractivity contribution in [2.75, 3.05) is 32.8 Å². The summed E-state index contributed by atoms with van der Waals surface area (Å²) >= 11 is 0. The van der Waals surface area contributed by atoms with Crippen molar-refractivity contribution in [2.24, 2.45) is 0 Å². The van der Waals surface area contributed by atoms with Crippen LogP contribution in [0, 0.1) is 0 Å². The first kappa shape index (κ1) is 22.6. The highest BCUT2D eigenvalue weighted by molar-refractivity contribution is 5.78. The second kappa shape index (κ2) is 10.8. The maximum absolute atomic E-state index is 12.3. The van der Waals surface area contributed by atoms with E-state index in [2.05, 4.69) is 30.1 Å². The summed E-state index contributed by atoms with van der Waals surface area (Å²) in [5.41, 5.74) is 2.14. The lowest BCUT2D eigenvalue weighted by atomic mass is 10.0. The molecule has 0 spiro atoms. The SMILES string of the molecule is CC(C)N1CC(=O)NCCCCCOc2ccc(CCC(=O)N3CC(O)C3)cc2C1. The fourth-order valence-corrected chi connectivity index (χ4v) is 3.81. The number of aliphatic hydroxyl groups excluding tert-OH is 1. The van der Waals surface area contributed by atoms with Gasteiger partial charge in [0.2, 0.25) is 11.8 Å². The number of benzene rings is 1. The Hall–Kier alpha value is -2.12. The largest absolute Gasteiger partial charge is 0.493 e. The Morgan fingerprint density at radius 2 is 2.03 bits per heavy atom. The minimum atomic E-state index is -0.368. The number of aryl methyl sites for hydroxylation is 1. The maximum atomic E-state index is 12.3. The van der Waals surface area contributed by atoms with E-state index in [1.807, 2.05) is 12.1 Å². The van der Waals surface area contributed by atoms with Crippen LogP contribution in [0.2, 0.25) is 0 Å². The van der Waals surface area contributed by atoms with E-state index in [1.54, 1.807) is 4.90 Å². The highest BCUT2D eigenvalue weighted by atomic mass is 16.5. The third-order valence-corrected chi connectivity index (χ3v) is 5.82. The lowest BCUT2D eigenvalue weighted by molar-refractivity contribution is -0.141. The Morgan fingerprint density at radius 3 is 2.77 bits per heavy atom. The number of rotatable bonds is 4. The molecule has 0 unspecified atom stereocenters. The molecular formula is C23H35N3O4. The van der Waals surface area contributed by atoms with Crippen LogP contribution in [0.3, 0.4) is 0 Å². The molecule has 0 aliphatic carbocycles. The third-order valence-electron chi connectivity index (χ3n) is 5.82. The molecule has 3 rings (SSSR count). The molecule has 166 valence electrons. The van der Waals surface area contributed by atoms with Gasteiger partial charge in [-0.15, -0.1) is 0 Å². The molecule has 2 heterocycles. The highest BCUT2D eigenvalue weighted by Gasteiger charge is 2.28. The first-order valence-electron chi connectivity index (χ1n) is 11.1. The molecule has 1 aromatic carbocycles. The van der Waals surface area contributed by atoms with Crippen molar-refractivity contribution < 1.29 is 19.4 Å². The normalized spacial score (nSPS) is 19.6. The van der Waals surface area contributed by atoms with Gasteiger partial charge in [0.1, 0.15) is 5.75 Å². The number of carbonyl (C=O) groups is 2. The number of hydrogen-bond donors (Lipinski definition) is 2. The minimum Gasteiger partial charge on any atom is -0.493 e. The summed E-state index contributed by atoms with van der Waals surface area (Å²) < 4.78 is 6.08. The quantitative estimate of drug-likeness (QED) is 0.780. The number of aliphatic hydroxyl groups is 1. The Labute approximate surface area is 179 Å². The number of nitrogens with one attached hydrogen (secondary N) is 1. The van der Waals surface area contributed by atoms with Crippen molar-refractivity contribution in [3.63, 3.8) is 0 Å². The fourth-order valence-electron chi connectivity index (χ4n) is 3.81. The topological polar surface area (TPSA) is 82.1 Å². The number of ether oxygens (including phenoxy) is 1. The van der Waals surface area contributed by atoms with Gasteiger partial charge in [-0.05, 0) is 51.2 Å². The van der Waals surface area contributed by atoms with E-state index in [9.17, 15) is 14.7 Å². The van der Waals surface area contributed by atoms with Gasteiger partial charge in [0.25, 0.3) is 0 Å². The number of nitrogens with zero attached hydrogens (tertiary/aromatic N) is 2. The Bertz CT molecular complexity index is 731. The predicted molar refractivity (Wildman–Crippen MR) is 115 cm³/mol. The van der Waals surface area contributed by atoms with Crippen LogP contribution >= 0.6 is 0 Å². The first-order chi connectivity index (χ1) is 14.4. The molecule has 1 fully saturated rings. The number of β-amino-alcohol motifs (C(OH)–C–C–N with tert-alkyl or cyclic N) is 1. The van der Waals surface area contributed by atoms with E-state index in [1.165, 1.54) is 0 Å². The molecule has 0 radical (unpaired) electrons. The Kier molecular flexibility index (Phi) is 8.10. The standard InChI is InChI=1S/C23H35N3O4/c1-17(2)25-13-19-12-18(7-9-23(29)26-14-20(27)15-26)6-8-21(19)30-11-5-3-4-10-24-22(28)16-25/h6,8,12,17,20,27H,3-5,7,9-11,13-16H2,1-2H3,(H,24,28). The maximum Gasteiger partial charge on any atom is 0.234 e. The van der Waals surface area contributed by atoms with Gasteiger partial charge in [-0.25, -0.2) is 0 Å². The van der Waals surface area contributed by atoms with Gasteiger partial charge in [-0.2, -0.15) is 0 Å². The van der Waals surface area contributed by atoms with Crippen molar-refractivity contribution in [3.05, 3.63) is 29.3 Å². The molecule has 2 aliphatic rings. The summed E-state index contributed by atoms with van der Waals surface area (Å²) in [5.74, 6) is 1.01. The molecule has 7 nitrogen and oxygen atoms in total. The number of amides is 2. The predicted octanol–water partition coefficient (Wildman–Crippen LogP) is 1.71. The molecular weight excluding hydrogens is 382 g/mol. The van der Waals surface area contributed by atoms with Crippen molar-refractivity contribution in [3.8, 4) is 5.75 Å². The second-order valence-corrected chi connectivity index (χ2v) is 8.65. The monoisotopic (exact) mass is 417 g/mol. The van der Waals surface area contributed by atoms with E-state index in [4.69, 9.17) is 4.74 Å². The zero-order valence-corrected chi connectivity index (χ0v) is 18.2. The van der Waals surface area contributed by atoms with Crippen LogP contribution in [0.5, 0.6) is 5.75 Å². The van der Waals surface area contributed by atoms with E-state index in [0.717, 1.165) is 36.1 Å². The summed E-state index contributed by atoms with van der Waals surface area (Å²) in [5, 5.41) is 12.4. The molecule has 0 aromatic heterocycles. The number of fused-ring (bicyclic) bond motifs is 1. The summed E-state index contributed by atoms with van der Waals surface area (Å²) in [6, 6.07) is 6.36. The van der Waals surface area contributed by atoms with E-state index < -0.39 is 0 Å². The fraction of sp³-hybridized carbons (Fsp3) is 0.652. The number of hydrogen-bond acceptors (Lipinski definition) is 5. The van der Waals surface area contributed by atoms with Gasteiger partial charge >= 0.3 is 0 Å². The molecule has 2 N–H and O–H groups in total. The van der Waals surface area contributed by atoms with Gasteiger partial charge < -0.3 is 20.1 Å². The van der Waals surface area contributed by atoms with E-state index in [-0.39, 0.29) is 24.0 Å². The van der Waals surface area contributed by atoms with Gasteiger partial charge in [0, 0.05) is 44.2 Å².